The Hall–Kier alpha value is 2.45. The molecule has 0 spiro atoms. The van der Waals surface area contributed by atoms with Crippen LogP contribution in [0.3, 0.4) is 0 Å². The van der Waals surface area contributed by atoms with E-state index in [0.717, 1.165) is 11.5 Å². The normalized spacial score (nSPS) is 19.9. The summed E-state index contributed by atoms with van der Waals surface area (Å²) in [5, 5.41) is 2.49. The van der Waals surface area contributed by atoms with Gasteiger partial charge in [0.1, 0.15) is 0 Å². The van der Waals surface area contributed by atoms with Gasteiger partial charge in [0.2, 0.25) is 0 Å². The van der Waals surface area contributed by atoms with Crippen molar-refractivity contribution in [2.24, 2.45) is 0 Å². The van der Waals surface area contributed by atoms with Crippen LogP contribution in [-0.4, -0.2) is 35.9 Å². The smallest absolute Gasteiger partial charge is 0.155 e. The first-order chi connectivity index (χ1) is 7.83. The van der Waals surface area contributed by atoms with Crippen molar-refractivity contribution in [3.05, 3.63) is 0 Å². The fraction of sp³-hybridized carbons (Fsp3) is 1.00. The molecule has 96 valence electrons. The maximum absolute atomic E-state index is 4.28. The molecule has 0 aliphatic carbocycles. The highest BCUT2D eigenvalue weighted by atomic mass is 32.3. The molecule has 0 saturated carbocycles. The lowest BCUT2D eigenvalue weighted by Gasteiger charge is -2.34. The number of hydrogen-bond acceptors (Lipinski definition) is 7. The molecular weight excluding hydrogens is 333 g/mol. The van der Waals surface area contributed by atoms with Crippen molar-refractivity contribution < 1.29 is 0 Å². The van der Waals surface area contributed by atoms with Crippen molar-refractivity contribution in [1.29, 1.82) is 0 Å². The van der Waals surface area contributed by atoms with Crippen LogP contribution >= 0.6 is 84.1 Å². The van der Waals surface area contributed by atoms with E-state index in [1.807, 2.05) is 11.8 Å². The minimum Gasteiger partial charge on any atom is -0.179 e. The van der Waals surface area contributed by atoms with E-state index in [-0.39, 0.29) is 0 Å². The largest absolute Gasteiger partial charge is 0.179 e. The molecule has 0 bridgehead atoms. The lowest BCUT2D eigenvalue weighted by molar-refractivity contribution is 1.12. The molecule has 0 radical (unpaired) electrons. The van der Waals surface area contributed by atoms with Gasteiger partial charge in [-0.3, -0.25) is 0 Å². The summed E-state index contributed by atoms with van der Waals surface area (Å²) in [6, 6.07) is 0. The van der Waals surface area contributed by atoms with Crippen molar-refractivity contribution in [3.8, 4) is 0 Å². The second-order valence-corrected chi connectivity index (χ2v) is 12.2. The quantitative estimate of drug-likeness (QED) is 0.364. The van der Waals surface area contributed by atoms with Gasteiger partial charge in [0, 0.05) is 10.2 Å². The molecule has 0 aromatic rings. The van der Waals surface area contributed by atoms with Crippen molar-refractivity contribution in [2.45, 2.75) is 15.6 Å². The molecule has 0 atom stereocenters. The van der Waals surface area contributed by atoms with E-state index < -0.39 is 0 Å². The van der Waals surface area contributed by atoms with E-state index in [1.165, 1.54) is 34.5 Å². The minimum atomic E-state index is 0.358. The molecular formula is C9H18S7. The van der Waals surface area contributed by atoms with Gasteiger partial charge in [-0.2, -0.15) is 25.3 Å². The van der Waals surface area contributed by atoms with E-state index >= 15 is 0 Å². The summed E-state index contributed by atoms with van der Waals surface area (Å²) < 4.78 is 0.358. The molecule has 0 N–H and O–H groups in total. The second kappa shape index (κ2) is 10.3. The highest BCUT2D eigenvalue weighted by Crippen LogP contribution is 2.59. The Kier molecular flexibility index (Phi) is 10.6. The van der Waals surface area contributed by atoms with Gasteiger partial charge in [0.15, 0.2) is 2.74 Å². The Morgan fingerprint density at radius 1 is 0.938 bits per heavy atom. The molecule has 7 heteroatoms. The minimum absolute atomic E-state index is 0.358. The summed E-state index contributed by atoms with van der Waals surface area (Å²) in [7, 11) is 0. The van der Waals surface area contributed by atoms with Gasteiger partial charge in [-0.25, -0.2) is 0 Å². The van der Waals surface area contributed by atoms with Crippen LogP contribution in [0, 0.1) is 0 Å². The van der Waals surface area contributed by atoms with Crippen LogP contribution in [0.25, 0.3) is 0 Å². The molecule has 0 unspecified atom stereocenters. The first-order valence-electron chi connectivity index (χ1n) is 5.18. The van der Waals surface area contributed by atoms with E-state index in [1.54, 1.807) is 0 Å². The van der Waals surface area contributed by atoms with Crippen LogP contribution in [-0.2, 0) is 0 Å². The fourth-order valence-corrected chi connectivity index (χ4v) is 11.7. The van der Waals surface area contributed by atoms with Crippen molar-refractivity contribution >= 4 is 84.1 Å². The molecule has 1 aliphatic heterocycles. The Balaban J connectivity index is 2.33. The summed E-state index contributed by atoms with van der Waals surface area (Å²) in [4.78, 5) is 0. The third-order valence-electron chi connectivity index (χ3n) is 1.80. The Bertz CT molecular complexity index is 157. The molecule has 1 rings (SSSR count). The van der Waals surface area contributed by atoms with Gasteiger partial charge >= 0.3 is 0 Å². The Morgan fingerprint density at radius 3 is 1.88 bits per heavy atom. The highest BCUT2D eigenvalue weighted by molar-refractivity contribution is 8.52. The van der Waals surface area contributed by atoms with Gasteiger partial charge in [-0.05, 0) is 35.9 Å². The fourth-order valence-electron chi connectivity index (χ4n) is 1.04. The van der Waals surface area contributed by atoms with Gasteiger partial charge in [0.05, 0.1) is 0 Å². The summed E-state index contributed by atoms with van der Waals surface area (Å²) >= 11 is 19.1. The van der Waals surface area contributed by atoms with Gasteiger partial charge in [0.25, 0.3) is 0 Å². The number of rotatable bonds is 8. The van der Waals surface area contributed by atoms with Crippen molar-refractivity contribution in [1.82, 2.24) is 0 Å². The number of thiol groups is 2. The third kappa shape index (κ3) is 6.57. The first-order valence-corrected chi connectivity index (χ1v) is 11.5. The van der Waals surface area contributed by atoms with Gasteiger partial charge in [-0.15, -0.1) is 58.8 Å². The lowest BCUT2D eigenvalue weighted by atomic mass is 10.6. The molecule has 16 heavy (non-hydrogen) atoms. The molecule has 1 saturated heterocycles. The predicted molar refractivity (Wildman–Crippen MR) is 97.1 cm³/mol. The summed E-state index contributed by atoms with van der Waals surface area (Å²) in [6.45, 7) is 0. The third-order valence-corrected chi connectivity index (χ3v) is 11.4. The van der Waals surface area contributed by atoms with Crippen LogP contribution in [0.5, 0.6) is 0 Å². The SMILES string of the molecule is SCCCSC1(SCCCS)SCSCS1. The van der Waals surface area contributed by atoms with E-state index in [4.69, 9.17) is 0 Å². The molecule has 0 aromatic heterocycles. The van der Waals surface area contributed by atoms with Crippen LogP contribution in [0.15, 0.2) is 0 Å². The Labute approximate surface area is 132 Å². The predicted octanol–water partition coefficient (Wildman–Crippen LogP) is 4.83. The molecule has 1 aliphatic rings. The maximum atomic E-state index is 4.28. The topological polar surface area (TPSA) is 0 Å². The maximum Gasteiger partial charge on any atom is 0.155 e. The van der Waals surface area contributed by atoms with E-state index in [2.05, 4.69) is 72.3 Å². The average Bonchev–Trinajstić information content (AvgIpc) is 2.31. The molecule has 1 fully saturated rings. The summed E-state index contributed by atoms with van der Waals surface area (Å²) in [6.07, 6.45) is 2.44. The number of thioether (sulfide) groups is 5. The zero-order valence-corrected chi connectivity index (χ0v) is 15.0. The second-order valence-electron chi connectivity index (χ2n) is 3.08. The lowest BCUT2D eigenvalue weighted by Crippen LogP contribution is -2.16. The molecule has 0 amide bonds. The van der Waals surface area contributed by atoms with E-state index in [0.29, 0.717) is 2.74 Å². The monoisotopic (exact) mass is 350 g/mol. The van der Waals surface area contributed by atoms with Gasteiger partial charge in [-0.1, -0.05) is 0 Å². The van der Waals surface area contributed by atoms with Crippen molar-refractivity contribution in [3.63, 3.8) is 0 Å². The first kappa shape index (κ1) is 16.5. The molecule has 0 aromatic carbocycles. The summed E-state index contributed by atoms with van der Waals surface area (Å²) in [5.74, 6) is 4.49. The zero-order valence-electron chi connectivity index (χ0n) is 9.09. The van der Waals surface area contributed by atoms with Crippen molar-refractivity contribution in [2.75, 3.05) is 33.2 Å². The highest BCUT2D eigenvalue weighted by Gasteiger charge is 2.34. The average molecular weight is 351 g/mol. The Morgan fingerprint density at radius 2 is 1.44 bits per heavy atom. The van der Waals surface area contributed by atoms with Crippen LogP contribution < -0.4 is 0 Å². The van der Waals surface area contributed by atoms with Crippen LogP contribution in [0.2, 0.25) is 0 Å². The zero-order chi connectivity index (χ0) is 11.7. The standard InChI is InChI=1S/C9H18S7/c10-3-1-5-13-9(14-6-2-4-11)15-7-12-8-16-9/h10-11H,1-8H2. The van der Waals surface area contributed by atoms with Gasteiger partial charge < -0.3 is 0 Å². The van der Waals surface area contributed by atoms with E-state index in [9.17, 15) is 0 Å². The number of hydrogen-bond donors (Lipinski definition) is 2. The summed E-state index contributed by atoms with van der Waals surface area (Å²) in [5.41, 5.74) is 0. The van der Waals surface area contributed by atoms with Crippen LogP contribution in [0.4, 0.5) is 0 Å². The molecule has 1 heterocycles. The molecule has 0 nitrogen and oxygen atoms in total. The van der Waals surface area contributed by atoms with Crippen LogP contribution in [0.1, 0.15) is 12.8 Å².